The number of ether oxygens (including phenoxy) is 2. The summed E-state index contributed by atoms with van der Waals surface area (Å²) in [5, 5.41) is 14.5. The van der Waals surface area contributed by atoms with Gasteiger partial charge in [-0.2, -0.15) is 13.2 Å². The lowest BCUT2D eigenvalue weighted by atomic mass is 9.57. The van der Waals surface area contributed by atoms with Gasteiger partial charge in [0.15, 0.2) is 5.69 Å². The third-order valence-electron chi connectivity index (χ3n) is 9.69. The average Bonchev–Trinajstić information content (AvgIpc) is 3.54. The largest absolute Gasteiger partial charge is 0.487 e. The van der Waals surface area contributed by atoms with Crippen LogP contribution in [0.3, 0.4) is 0 Å². The molecule has 1 spiro atoms. The number of nitrogens with zero attached hydrogens (tertiary/aromatic N) is 3. The van der Waals surface area contributed by atoms with E-state index in [1.807, 2.05) is 24.3 Å². The van der Waals surface area contributed by atoms with Gasteiger partial charge in [0.25, 0.3) is 0 Å². The van der Waals surface area contributed by atoms with Crippen LogP contribution in [0.5, 0.6) is 5.75 Å². The van der Waals surface area contributed by atoms with Crippen molar-refractivity contribution in [1.29, 1.82) is 0 Å². The van der Waals surface area contributed by atoms with Gasteiger partial charge < -0.3 is 24.0 Å². The zero-order valence-corrected chi connectivity index (χ0v) is 24.9. The minimum absolute atomic E-state index is 0.0416. The first-order valence-corrected chi connectivity index (χ1v) is 15.7. The predicted molar refractivity (Wildman–Crippen MR) is 164 cm³/mol. The van der Waals surface area contributed by atoms with E-state index >= 15 is 0 Å². The topological polar surface area (TPSA) is 97.9 Å². The molecule has 2 saturated heterocycles. The zero-order chi connectivity index (χ0) is 31.6. The first-order chi connectivity index (χ1) is 22.2. The maximum atomic E-state index is 13.8. The highest BCUT2D eigenvalue weighted by molar-refractivity contribution is 5.94. The molecule has 2 aromatic carbocycles. The molecule has 0 radical (unpaired) electrons. The number of fused-ring (bicyclic) bond motifs is 1. The Labute approximate surface area is 262 Å². The van der Waals surface area contributed by atoms with Gasteiger partial charge in [0, 0.05) is 59.1 Å². The quantitative estimate of drug-likeness (QED) is 0.213. The van der Waals surface area contributed by atoms with Crippen molar-refractivity contribution in [2.45, 2.75) is 50.3 Å². The maximum absolute atomic E-state index is 13.8. The molecule has 4 heterocycles. The van der Waals surface area contributed by atoms with Gasteiger partial charge in [0.05, 0.1) is 24.3 Å². The van der Waals surface area contributed by atoms with E-state index in [9.17, 15) is 23.1 Å². The Balaban J connectivity index is 0.974. The van der Waals surface area contributed by atoms with Crippen LogP contribution in [0, 0.1) is 11.3 Å². The van der Waals surface area contributed by atoms with Crippen LogP contribution in [-0.2, 0) is 10.9 Å². The molecule has 0 amide bonds. The second-order valence-corrected chi connectivity index (χ2v) is 13.1. The number of carboxylic acid groups (broad SMARTS) is 1. The van der Waals surface area contributed by atoms with E-state index in [1.165, 1.54) is 18.2 Å². The number of carboxylic acids is 1. The summed E-state index contributed by atoms with van der Waals surface area (Å²) in [6, 6.07) is 12.9. The van der Waals surface area contributed by atoms with E-state index in [4.69, 9.17) is 14.0 Å². The molecule has 4 aliphatic rings. The molecule has 2 aliphatic heterocycles. The Morgan fingerprint density at radius 2 is 1.89 bits per heavy atom. The molecule has 4 fully saturated rings. The van der Waals surface area contributed by atoms with Gasteiger partial charge >= 0.3 is 12.1 Å². The lowest BCUT2D eigenvalue weighted by Crippen LogP contribution is -2.62. The summed E-state index contributed by atoms with van der Waals surface area (Å²) in [5.74, 6) is 0.597. The smallest absolute Gasteiger partial charge is 0.417 e. The van der Waals surface area contributed by atoms with E-state index < -0.39 is 17.7 Å². The molecule has 11 heteroatoms. The monoisotopic (exact) mass is 631 g/mol. The molecule has 4 aromatic rings. The number of hydrogen-bond acceptors (Lipinski definition) is 7. The van der Waals surface area contributed by atoms with Crippen molar-refractivity contribution >= 4 is 28.6 Å². The number of anilines is 1. The van der Waals surface area contributed by atoms with E-state index in [2.05, 4.69) is 21.1 Å². The number of aromatic carboxylic acids is 1. The average molecular weight is 632 g/mol. The third kappa shape index (κ3) is 5.30. The first kappa shape index (κ1) is 29.1. The SMILES string of the molecule is O=C(O)c1cc(OC2CCOC2)c2cc(N3CC4(CC(C=Cc5c(-c6ccccc6C(F)(F)F)noc5C5CC5)C4)C3)ccc2n1. The van der Waals surface area contributed by atoms with Gasteiger partial charge in [0.2, 0.25) is 0 Å². The number of carbonyl (C=O) groups is 1. The van der Waals surface area contributed by atoms with Gasteiger partial charge in [-0.25, -0.2) is 9.78 Å². The highest BCUT2D eigenvalue weighted by atomic mass is 19.4. The Morgan fingerprint density at radius 3 is 2.61 bits per heavy atom. The number of alkyl halides is 3. The van der Waals surface area contributed by atoms with Crippen LogP contribution in [-0.4, -0.2) is 53.6 Å². The van der Waals surface area contributed by atoms with Crippen LogP contribution >= 0.6 is 0 Å². The fourth-order valence-electron chi connectivity index (χ4n) is 7.24. The number of pyridine rings is 1. The van der Waals surface area contributed by atoms with Gasteiger partial charge in [-0.3, -0.25) is 0 Å². The zero-order valence-electron chi connectivity index (χ0n) is 24.9. The number of rotatable bonds is 8. The lowest BCUT2D eigenvalue weighted by Gasteiger charge is -2.59. The molecule has 238 valence electrons. The molecule has 1 unspecified atom stereocenters. The van der Waals surface area contributed by atoms with Crippen LogP contribution < -0.4 is 9.64 Å². The van der Waals surface area contributed by atoms with Crippen molar-refractivity contribution < 1.29 is 37.1 Å². The van der Waals surface area contributed by atoms with Crippen LogP contribution in [0.25, 0.3) is 28.2 Å². The van der Waals surface area contributed by atoms with Crippen molar-refractivity contribution in [3.05, 3.63) is 77.2 Å². The molecule has 2 aliphatic carbocycles. The van der Waals surface area contributed by atoms with Crippen molar-refractivity contribution in [1.82, 2.24) is 10.1 Å². The molecule has 8 nitrogen and oxygen atoms in total. The molecule has 0 bridgehead atoms. The summed E-state index contributed by atoms with van der Waals surface area (Å²) in [7, 11) is 0. The van der Waals surface area contributed by atoms with Gasteiger partial charge in [-0.05, 0) is 55.9 Å². The molecule has 46 heavy (non-hydrogen) atoms. The molecular weight excluding hydrogens is 599 g/mol. The minimum Gasteiger partial charge on any atom is -0.487 e. The molecule has 2 saturated carbocycles. The number of benzene rings is 2. The number of hydrogen-bond donors (Lipinski definition) is 1. The molecular formula is C35H32F3N3O5. The van der Waals surface area contributed by atoms with E-state index in [-0.39, 0.29) is 34.4 Å². The maximum Gasteiger partial charge on any atom is 0.417 e. The van der Waals surface area contributed by atoms with Crippen molar-refractivity contribution in [2.75, 3.05) is 31.2 Å². The molecule has 1 N–H and O–H groups in total. The van der Waals surface area contributed by atoms with Crippen LogP contribution in [0.4, 0.5) is 18.9 Å². The lowest BCUT2D eigenvalue weighted by molar-refractivity contribution is -0.137. The van der Waals surface area contributed by atoms with Crippen molar-refractivity contribution in [3.8, 4) is 17.0 Å². The summed E-state index contributed by atoms with van der Waals surface area (Å²) in [6.45, 7) is 2.86. The summed E-state index contributed by atoms with van der Waals surface area (Å²) in [6.07, 6.45) is 4.06. The van der Waals surface area contributed by atoms with Crippen LogP contribution in [0.1, 0.15) is 65.4 Å². The number of halogens is 3. The Kier molecular flexibility index (Phi) is 6.86. The summed E-state index contributed by atoms with van der Waals surface area (Å²) >= 11 is 0. The second-order valence-electron chi connectivity index (χ2n) is 13.1. The molecule has 1 atom stereocenters. The minimum atomic E-state index is -4.49. The van der Waals surface area contributed by atoms with Gasteiger partial charge in [0.1, 0.15) is 23.3 Å². The van der Waals surface area contributed by atoms with E-state index in [1.54, 1.807) is 6.07 Å². The number of allylic oxidation sites excluding steroid dienone is 1. The van der Waals surface area contributed by atoms with E-state index in [0.29, 0.717) is 41.7 Å². The normalized spacial score (nSPS) is 21.2. The van der Waals surface area contributed by atoms with Crippen LogP contribution in [0.15, 0.2) is 59.1 Å². The highest BCUT2D eigenvalue weighted by Crippen LogP contribution is 2.54. The van der Waals surface area contributed by atoms with Crippen LogP contribution in [0.2, 0.25) is 0 Å². The van der Waals surface area contributed by atoms with Crippen molar-refractivity contribution in [3.63, 3.8) is 0 Å². The Morgan fingerprint density at radius 1 is 1.09 bits per heavy atom. The van der Waals surface area contributed by atoms with E-state index in [0.717, 1.165) is 62.3 Å². The van der Waals surface area contributed by atoms with Gasteiger partial charge in [-0.1, -0.05) is 35.5 Å². The summed E-state index contributed by atoms with van der Waals surface area (Å²) < 4.78 is 58.7. The standard InChI is InChI=1S/C35H32F3N3O5/c36-35(37,38)27-4-2-1-3-24(27)31-25(32(46-40-31)21-6-7-21)9-5-20-15-34(16-20)18-41(19-34)22-8-10-28-26(13-22)30(14-29(39-28)33(42)43)45-23-11-12-44-17-23/h1-5,8-10,13-14,20-21,23H,6-7,11-12,15-19H2,(H,42,43). The van der Waals surface area contributed by atoms with Gasteiger partial charge in [-0.15, -0.1) is 0 Å². The second kappa shape index (κ2) is 10.9. The predicted octanol–water partition coefficient (Wildman–Crippen LogP) is 7.58. The third-order valence-corrected chi connectivity index (χ3v) is 9.69. The Bertz CT molecular complexity index is 1840. The number of aromatic nitrogens is 2. The summed E-state index contributed by atoms with van der Waals surface area (Å²) in [5.41, 5.74) is 1.97. The molecule has 2 aromatic heterocycles. The fraction of sp³-hybridized carbons (Fsp3) is 0.400. The fourth-order valence-corrected chi connectivity index (χ4v) is 7.24. The Hall–Kier alpha value is -4.38. The molecule has 8 rings (SSSR count). The first-order valence-electron chi connectivity index (χ1n) is 15.7. The summed E-state index contributed by atoms with van der Waals surface area (Å²) in [4.78, 5) is 18.3. The highest BCUT2D eigenvalue weighted by Gasteiger charge is 2.51. The van der Waals surface area contributed by atoms with Crippen molar-refractivity contribution in [2.24, 2.45) is 11.3 Å².